The van der Waals surface area contributed by atoms with E-state index in [1.807, 2.05) is 6.92 Å². The van der Waals surface area contributed by atoms with E-state index in [4.69, 9.17) is 4.98 Å². The van der Waals surface area contributed by atoms with Gasteiger partial charge in [0.25, 0.3) is 5.91 Å². The molecule has 4 heterocycles. The van der Waals surface area contributed by atoms with E-state index >= 15 is 0 Å². The molecule has 9 nitrogen and oxygen atoms in total. The number of alkyl halides is 3. The van der Waals surface area contributed by atoms with Crippen molar-refractivity contribution in [3.8, 4) is 0 Å². The second-order valence-corrected chi connectivity index (χ2v) is 11.6. The zero-order valence-electron chi connectivity index (χ0n) is 21.9. The van der Waals surface area contributed by atoms with Gasteiger partial charge in [-0.05, 0) is 68.1 Å². The summed E-state index contributed by atoms with van der Waals surface area (Å²) in [4.78, 5) is 30.5. The number of hydrogen-bond donors (Lipinski definition) is 2. The van der Waals surface area contributed by atoms with Crippen molar-refractivity contribution in [1.29, 1.82) is 0 Å². The maximum absolute atomic E-state index is 13.3. The molecular formula is C27H32F3N7O2. The van der Waals surface area contributed by atoms with Crippen LogP contribution < -0.4 is 10.6 Å². The SMILES string of the molecule is CCn1nccc1C(=O)N[C@H](c1cn2nc(CC3C[C@@H](C(F)(F)F)CNC3=O)ccc2n1)C12CC(C1)[C@@H](C)C2. The fourth-order valence-corrected chi connectivity index (χ4v) is 7.01. The molecule has 0 radical (unpaired) electrons. The summed E-state index contributed by atoms with van der Waals surface area (Å²) in [5.74, 6) is -1.73. The van der Waals surface area contributed by atoms with Gasteiger partial charge in [0, 0.05) is 31.6 Å². The van der Waals surface area contributed by atoms with Gasteiger partial charge in [0.15, 0.2) is 5.65 Å². The summed E-state index contributed by atoms with van der Waals surface area (Å²) in [6.45, 7) is 4.38. The Hall–Kier alpha value is -3.44. The number of aryl methyl sites for hydroxylation is 1. The first-order chi connectivity index (χ1) is 18.6. The molecule has 3 aromatic heterocycles. The van der Waals surface area contributed by atoms with Gasteiger partial charge in [0.1, 0.15) is 5.69 Å². The molecule has 4 aliphatic rings. The lowest BCUT2D eigenvalue weighted by atomic mass is 9.64. The lowest BCUT2D eigenvalue weighted by Gasteiger charge is -2.44. The topological polar surface area (TPSA) is 106 Å². The lowest BCUT2D eigenvalue weighted by Crippen LogP contribution is -2.47. The van der Waals surface area contributed by atoms with Crippen molar-refractivity contribution in [2.75, 3.05) is 6.54 Å². The quantitative estimate of drug-likeness (QED) is 0.473. The van der Waals surface area contributed by atoms with Gasteiger partial charge in [0.2, 0.25) is 5.91 Å². The van der Waals surface area contributed by atoms with Gasteiger partial charge in [-0.2, -0.15) is 23.4 Å². The zero-order chi connectivity index (χ0) is 27.5. The van der Waals surface area contributed by atoms with Crippen molar-refractivity contribution in [3.05, 3.63) is 47.7 Å². The molecule has 1 saturated heterocycles. The maximum Gasteiger partial charge on any atom is 0.393 e. The van der Waals surface area contributed by atoms with Gasteiger partial charge in [-0.15, -0.1) is 0 Å². The highest BCUT2D eigenvalue weighted by Gasteiger charge is 2.59. The summed E-state index contributed by atoms with van der Waals surface area (Å²) in [5.41, 5.74) is 2.21. The van der Waals surface area contributed by atoms with E-state index < -0.39 is 18.0 Å². The second-order valence-electron chi connectivity index (χ2n) is 11.6. The Balaban J connectivity index is 1.27. The number of carbonyl (C=O) groups excluding carboxylic acids is 2. The highest BCUT2D eigenvalue weighted by Crippen LogP contribution is 2.66. The van der Waals surface area contributed by atoms with Gasteiger partial charge in [0.05, 0.1) is 29.5 Å². The second kappa shape index (κ2) is 9.34. The molecule has 12 heteroatoms. The largest absolute Gasteiger partial charge is 0.393 e. The number of nitrogens with zero attached hydrogens (tertiary/aromatic N) is 5. The molecule has 2 N–H and O–H groups in total. The summed E-state index contributed by atoms with van der Waals surface area (Å²) in [6, 6.07) is 4.86. The zero-order valence-corrected chi connectivity index (χ0v) is 21.9. The Morgan fingerprint density at radius 2 is 2.05 bits per heavy atom. The number of imidazole rings is 1. The summed E-state index contributed by atoms with van der Waals surface area (Å²) in [7, 11) is 0. The number of fused-ring (bicyclic) bond motifs is 2. The molecule has 2 bridgehead atoms. The van der Waals surface area contributed by atoms with Gasteiger partial charge < -0.3 is 10.6 Å². The average Bonchev–Trinajstić information content (AvgIpc) is 3.64. The van der Waals surface area contributed by atoms with Crippen LogP contribution in [0.2, 0.25) is 0 Å². The summed E-state index contributed by atoms with van der Waals surface area (Å²) >= 11 is 0. The molecule has 0 spiro atoms. The van der Waals surface area contributed by atoms with Crippen LogP contribution in [0.4, 0.5) is 13.2 Å². The number of amides is 2. The number of carbonyl (C=O) groups is 2. The minimum Gasteiger partial charge on any atom is -0.355 e. The standard InChI is InChI=1S/C27H32F3N7O2/c1-3-36-21(6-7-32-36)25(39)34-23(26-10-15(2)17(11-26)12-26)20-14-37-22(33-20)5-4-19(35-37)9-16-8-18(27(28,29)30)13-31-24(16)38/h4-7,14-18,23H,3,8-13H2,1-2H3,(H,31,38)(H,34,39)/t15-,16?,17?,18+,23+,26?/m0/s1. The maximum atomic E-state index is 13.3. The number of hydrogen-bond acceptors (Lipinski definition) is 5. The number of aromatic nitrogens is 5. The molecule has 0 aromatic carbocycles. The van der Waals surface area contributed by atoms with Crippen LogP contribution in [-0.4, -0.2) is 48.9 Å². The molecule has 1 unspecified atom stereocenters. The van der Waals surface area contributed by atoms with E-state index in [9.17, 15) is 22.8 Å². The molecule has 7 rings (SSSR count). The van der Waals surface area contributed by atoms with E-state index in [2.05, 4.69) is 27.8 Å². The molecule has 3 aromatic rings. The van der Waals surface area contributed by atoms with Crippen LogP contribution in [0, 0.1) is 29.1 Å². The lowest BCUT2D eigenvalue weighted by molar-refractivity contribution is -0.183. The molecule has 208 valence electrons. The fourth-order valence-electron chi connectivity index (χ4n) is 7.01. The van der Waals surface area contributed by atoms with Crippen LogP contribution in [0.15, 0.2) is 30.6 Å². The van der Waals surface area contributed by atoms with Crippen molar-refractivity contribution in [3.63, 3.8) is 0 Å². The van der Waals surface area contributed by atoms with Crippen LogP contribution >= 0.6 is 0 Å². The first-order valence-electron chi connectivity index (χ1n) is 13.6. The first-order valence-corrected chi connectivity index (χ1v) is 13.6. The molecule has 3 aliphatic carbocycles. The Bertz CT molecular complexity index is 1410. The molecule has 39 heavy (non-hydrogen) atoms. The highest BCUT2D eigenvalue weighted by atomic mass is 19.4. The molecule has 1 aliphatic heterocycles. The summed E-state index contributed by atoms with van der Waals surface area (Å²) in [6.07, 6.45) is 1.95. The predicted molar refractivity (Wildman–Crippen MR) is 134 cm³/mol. The van der Waals surface area contributed by atoms with Crippen LogP contribution in [0.5, 0.6) is 0 Å². The van der Waals surface area contributed by atoms with Gasteiger partial charge in [-0.25, -0.2) is 9.50 Å². The third-order valence-corrected chi connectivity index (χ3v) is 9.08. The van der Waals surface area contributed by atoms with Crippen molar-refractivity contribution in [1.82, 2.24) is 35.0 Å². The van der Waals surface area contributed by atoms with E-state index in [0.717, 1.165) is 19.3 Å². The molecule has 2 amide bonds. The Morgan fingerprint density at radius 1 is 1.26 bits per heavy atom. The van der Waals surface area contributed by atoms with Crippen molar-refractivity contribution >= 4 is 17.5 Å². The Morgan fingerprint density at radius 3 is 2.74 bits per heavy atom. The van der Waals surface area contributed by atoms with Gasteiger partial charge >= 0.3 is 6.18 Å². The number of nitrogens with one attached hydrogen (secondary N) is 2. The molecule has 4 fully saturated rings. The predicted octanol–water partition coefficient (Wildman–Crippen LogP) is 3.71. The minimum atomic E-state index is -4.35. The molecule has 4 atom stereocenters. The third kappa shape index (κ3) is 4.57. The molecule has 3 saturated carbocycles. The fraction of sp³-hybridized carbons (Fsp3) is 0.593. The van der Waals surface area contributed by atoms with Crippen LogP contribution in [0.25, 0.3) is 5.65 Å². The van der Waals surface area contributed by atoms with E-state index in [0.29, 0.717) is 41.1 Å². The van der Waals surface area contributed by atoms with Crippen LogP contribution in [0.3, 0.4) is 0 Å². The number of piperidine rings is 1. The average molecular weight is 544 g/mol. The Kier molecular flexibility index (Phi) is 6.18. The number of halogens is 3. The van der Waals surface area contributed by atoms with E-state index in [1.165, 1.54) is 0 Å². The summed E-state index contributed by atoms with van der Waals surface area (Å²) < 4.78 is 43.1. The minimum absolute atomic E-state index is 0.0790. The van der Waals surface area contributed by atoms with E-state index in [1.54, 1.807) is 39.8 Å². The summed E-state index contributed by atoms with van der Waals surface area (Å²) in [5, 5.41) is 14.5. The normalized spacial score (nSPS) is 29.2. The van der Waals surface area contributed by atoms with Crippen LogP contribution in [-0.2, 0) is 17.8 Å². The Labute approximate surface area is 223 Å². The first kappa shape index (κ1) is 25.8. The van der Waals surface area contributed by atoms with Gasteiger partial charge in [-0.1, -0.05) is 6.92 Å². The monoisotopic (exact) mass is 543 g/mol. The highest BCUT2D eigenvalue weighted by molar-refractivity contribution is 5.92. The smallest absolute Gasteiger partial charge is 0.355 e. The third-order valence-electron chi connectivity index (χ3n) is 9.08. The van der Waals surface area contributed by atoms with Gasteiger partial charge in [-0.3, -0.25) is 14.3 Å². The van der Waals surface area contributed by atoms with Crippen molar-refractivity contribution < 1.29 is 22.8 Å². The van der Waals surface area contributed by atoms with Crippen molar-refractivity contribution in [2.45, 2.75) is 64.7 Å². The van der Waals surface area contributed by atoms with Crippen LogP contribution in [0.1, 0.15) is 67.4 Å². The number of rotatable bonds is 7. The molecular weight excluding hydrogens is 511 g/mol. The van der Waals surface area contributed by atoms with E-state index in [-0.39, 0.29) is 42.7 Å². The van der Waals surface area contributed by atoms with Crippen molar-refractivity contribution in [2.24, 2.45) is 29.1 Å².